The predicted molar refractivity (Wildman–Crippen MR) is 133 cm³/mol. The molecule has 1 aliphatic heterocycles. The van der Waals surface area contributed by atoms with Gasteiger partial charge in [-0.3, -0.25) is 9.59 Å². The first-order chi connectivity index (χ1) is 15.3. The number of rotatable bonds is 6. The smallest absolute Gasteiger partial charge is 0.310 e. The lowest BCUT2D eigenvalue weighted by atomic mass is 9.78. The van der Waals surface area contributed by atoms with Gasteiger partial charge in [0.05, 0.1) is 23.7 Å². The maximum absolute atomic E-state index is 13.0. The van der Waals surface area contributed by atoms with Crippen molar-refractivity contribution in [2.75, 3.05) is 6.61 Å². The van der Waals surface area contributed by atoms with E-state index in [1.165, 1.54) is 0 Å². The fourth-order valence-corrected chi connectivity index (χ4v) is 4.42. The minimum Gasteiger partial charge on any atom is -0.492 e. The van der Waals surface area contributed by atoms with Gasteiger partial charge in [0.1, 0.15) is 11.4 Å². The lowest BCUT2D eigenvalue weighted by molar-refractivity contribution is -0.153. The highest BCUT2D eigenvalue weighted by Crippen LogP contribution is 2.45. The Balaban J connectivity index is 2.07. The zero-order chi connectivity index (χ0) is 24.6. The third-order valence-corrected chi connectivity index (χ3v) is 6.15. The highest BCUT2D eigenvalue weighted by atomic mass is 35.5. The Morgan fingerprint density at radius 2 is 1.85 bits per heavy atom. The van der Waals surface area contributed by atoms with Gasteiger partial charge >= 0.3 is 5.97 Å². The van der Waals surface area contributed by atoms with Crippen LogP contribution in [0.4, 0.5) is 0 Å². The molecule has 0 aliphatic carbocycles. The van der Waals surface area contributed by atoms with Crippen molar-refractivity contribution in [3.05, 3.63) is 50.8 Å². The quantitative estimate of drug-likeness (QED) is 0.361. The molecule has 3 rings (SSSR count). The standard InChI is InChI=1S/C27H36ClNO4/c1-8-9-10-32-23-11-17-12-24(26(2,3)4)29-16-18(13-25(31)33-27(5,6)7)22(30)15-21(29)19(17)14-20(23)28/h11,14-16,24H,8-10,12-13H2,1-7H3. The van der Waals surface area contributed by atoms with E-state index < -0.39 is 11.6 Å². The molecule has 0 amide bonds. The molecule has 5 nitrogen and oxygen atoms in total. The Kier molecular flexibility index (Phi) is 7.33. The Morgan fingerprint density at radius 3 is 2.45 bits per heavy atom. The van der Waals surface area contributed by atoms with Crippen LogP contribution in [0.1, 0.15) is 78.5 Å². The van der Waals surface area contributed by atoms with Gasteiger partial charge in [0.25, 0.3) is 0 Å². The highest BCUT2D eigenvalue weighted by Gasteiger charge is 2.34. The number of pyridine rings is 1. The Morgan fingerprint density at radius 1 is 1.15 bits per heavy atom. The molecule has 180 valence electrons. The van der Waals surface area contributed by atoms with Crippen LogP contribution < -0.4 is 10.2 Å². The molecule has 33 heavy (non-hydrogen) atoms. The molecule has 1 aliphatic rings. The summed E-state index contributed by atoms with van der Waals surface area (Å²) in [6.45, 7) is 14.8. The second-order valence-electron chi connectivity index (χ2n) is 10.9. The molecule has 2 aromatic rings. The first-order valence-electron chi connectivity index (χ1n) is 11.7. The van der Waals surface area contributed by atoms with Crippen molar-refractivity contribution in [2.24, 2.45) is 5.41 Å². The number of aromatic nitrogens is 1. The summed E-state index contributed by atoms with van der Waals surface area (Å²) in [6.07, 6.45) is 4.58. The minimum atomic E-state index is -0.595. The number of nitrogens with zero attached hydrogens (tertiary/aromatic N) is 1. The SMILES string of the molecule is CCCCOc1cc2c(cc1Cl)-c1cc(=O)c(CC(=O)OC(C)(C)C)cn1C(C(C)(C)C)C2. The summed E-state index contributed by atoms with van der Waals surface area (Å²) >= 11 is 6.56. The average Bonchev–Trinajstić information content (AvgIpc) is 2.67. The minimum absolute atomic E-state index is 0.0505. The lowest BCUT2D eigenvalue weighted by Crippen LogP contribution is -2.33. The van der Waals surface area contributed by atoms with Crippen LogP contribution in [0.3, 0.4) is 0 Å². The van der Waals surface area contributed by atoms with Gasteiger partial charge in [0, 0.05) is 29.4 Å². The summed E-state index contributed by atoms with van der Waals surface area (Å²) in [5.74, 6) is 0.287. The van der Waals surface area contributed by atoms with Crippen LogP contribution in [0, 0.1) is 5.41 Å². The largest absolute Gasteiger partial charge is 0.492 e. The van der Waals surface area contributed by atoms with Crippen molar-refractivity contribution >= 4 is 17.6 Å². The molecule has 1 aromatic heterocycles. The van der Waals surface area contributed by atoms with E-state index >= 15 is 0 Å². The summed E-state index contributed by atoms with van der Waals surface area (Å²) in [5, 5.41) is 0.538. The van der Waals surface area contributed by atoms with Gasteiger partial charge in [0.15, 0.2) is 5.43 Å². The van der Waals surface area contributed by atoms with E-state index in [0.29, 0.717) is 22.9 Å². The van der Waals surface area contributed by atoms with E-state index in [9.17, 15) is 9.59 Å². The third-order valence-electron chi connectivity index (χ3n) is 5.85. The van der Waals surface area contributed by atoms with Crippen molar-refractivity contribution in [3.63, 3.8) is 0 Å². The van der Waals surface area contributed by atoms with Crippen LogP contribution in [-0.2, 0) is 22.4 Å². The number of fused-ring (bicyclic) bond motifs is 3. The van der Waals surface area contributed by atoms with Crippen molar-refractivity contribution in [3.8, 4) is 17.0 Å². The molecule has 0 spiro atoms. The number of carbonyl (C=O) groups excluding carboxylic acids is 1. The van der Waals surface area contributed by atoms with Gasteiger partial charge in [-0.1, -0.05) is 45.7 Å². The Labute approximate surface area is 202 Å². The molecule has 1 atom stereocenters. The molecule has 0 bridgehead atoms. The number of hydrogen-bond donors (Lipinski definition) is 0. The van der Waals surface area contributed by atoms with E-state index in [-0.39, 0.29) is 23.3 Å². The van der Waals surface area contributed by atoms with Gasteiger partial charge in [-0.15, -0.1) is 0 Å². The molecule has 6 heteroatoms. The Hall–Kier alpha value is -2.27. The molecular formula is C27H36ClNO4. The van der Waals surface area contributed by atoms with Gasteiger partial charge in [-0.25, -0.2) is 0 Å². The topological polar surface area (TPSA) is 57.5 Å². The van der Waals surface area contributed by atoms with E-state index in [0.717, 1.165) is 36.1 Å². The third kappa shape index (κ3) is 6.00. The number of esters is 1. The zero-order valence-electron chi connectivity index (χ0n) is 20.9. The summed E-state index contributed by atoms with van der Waals surface area (Å²) in [4.78, 5) is 25.4. The monoisotopic (exact) mass is 473 g/mol. The number of hydrogen-bond acceptors (Lipinski definition) is 4. The molecule has 2 heterocycles. The van der Waals surface area contributed by atoms with E-state index in [1.54, 1.807) is 6.07 Å². The fraction of sp³-hybridized carbons (Fsp3) is 0.556. The van der Waals surface area contributed by atoms with Crippen molar-refractivity contribution in [2.45, 2.75) is 85.8 Å². The van der Waals surface area contributed by atoms with Crippen LogP contribution in [0.2, 0.25) is 5.02 Å². The molecule has 0 saturated heterocycles. The lowest BCUT2D eigenvalue weighted by Gasteiger charge is -2.39. The maximum atomic E-state index is 13.0. The number of carbonyl (C=O) groups is 1. The number of halogens is 1. The van der Waals surface area contributed by atoms with Gasteiger partial charge < -0.3 is 14.0 Å². The number of ether oxygens (including phenoxy) is 2. The fourth-order valence-electron chi connectivity index (χ4n) is 4.20. The van der Waals surface area contributed by atoms with Crippen molar-refractivity contribution < 1.29 is 14.3 Å². The molecule has 1 unspecified atom stereocenters. The first-order valence-corrected chi connectivity index (χ1v) is 12.1. The number of unbranched alkanes of at least 4 members (excludes halogenated alkanes) is 1. The summed E-state index contributed by atoms with van der Waals surface area (Å²) in [5.41, 5.74) is 2.46. The van der Waals surface area contributed by atoms with Crippen LogP contribution >= 0.6 is 11.6 Å². The zero-order valence-corrected chi connectivity index (χ0v) is 21.6. The van der Waals surface area contributed by atoms with Crippen molar-refractivity contribution in [1.82, 2.24) is 4.57 Å². The van der Waals surface area contributed by atoms with Crippen LogP contribution in [0.5, 0.6) is 5.75 Å². The van der Waals surface area contributed by atoms with E-state index in [2.05, 4.69) is 32.3 Å². The molecule has 0 radical (unpaired) electrons. The molecule has 0 saturated carbocycles. The average molecular weight is 474 g/mol. The van der Waals surface area contributed by atoms with E-state index in [4.69, 9.17) is 21.1 Å². The molecule has 0 fully saturated rings. The normalized spacial score (nSPS) is 15.6. The summed E-state index contributed by atoms with van der Waals surface area (Å²) in [6, 6.07) is 5.65. The number of benzene rings is 1. The van der Waals surface area contributed by atoms with Crippen LogP contribution in [-0.4, -0.2) is 22.7 Å². The molecule has 1 aromatic carbocycles. The molecular weight excluding hydrogens is 438 g/mol. The van der Waals surface area contributed by atoms with Gasteiger partial charge in [-0.05, 0) is 56.7 Å². The van der Waals surface area contributed by atoms with Crippen molar-refractivity contribution in [1.29, 1.82) is 0 Å². The summed E-state index contributed by atoms with van der Waals surface area (Å²) < 4.78 is 13.5. The first kappa shape index (κ1) is 25.4. The van der Waals surface area contributed by atoms with Gasteiger partial charge in [0.2, 0.25) is 0 Å². The van der Waals surface area contributed by atoms with Crippen LogP contribution in [0.15, 0.2) is 29.2 Å². The van der Waals surface area contributed by atoms with E-state index in [1.807, 2.05) is 39.1 Å². The van der Waals surface area contributed by atoms with Gasteiger partial charge in [-0.2, -0.15) is 0 Å². The summed E-state index contributed by atoms with van der Waals surface area (Å²) in [7, 11) is 0. The molecule has 0 N–H and O–H groups in total. The van der Waals surface area contributed by atoms with Crippen LogP contribution in [0.25, 0.3) is 11.3 Å². The Bertz CT molecular complexity index is 1090. The predicted octanol–water partition coefficient (Wildman–Crippen LogP) is 6.38. The highest BCUT2D eigenvalue weighted by molar-refractivity contribution is 6.32. The second kappa shape index (κ2) is 9.54. The second-order valence-corrected chi connectivity index (χ2v) is 11.4. The maximum Gasteiger partial charge on any atom is 0.310 e.